The molecule has 2 N–H and O–H groups in total. The van der Waals surface area contributed by atoms with Crippen LogP contribution in [0.3, 0.4) is 0 Å². The van der Waals surface area contributed by atoms with Gasteiger partial charge in [0, 0.05) is 25.2 Å². The van der Waals surface area contributed by atoms with Crippen LogP contribution in [0.5, 0.6) is 0 Å². The Hall–Kier alpha value is -2.45. The van der Waals surface area contributed by atoms with Crippen LogP contribution in [-0.4, -0.2) is 21.4 Å². The maximum atomic E-state index is 8.93. The Kier molecular flexibility index (Phi) is 3.32. The highest BCUT2D eigenvalue weighted by atomic mass is 15.1. The van der Waals surface area contributed by atoms with E-state index in [1.165, 1.54) is 6.33 Å². The lowest BCUT2D eigenvalue weighted by atomic mass is 10.0. The molecule has 0 aliphatic carbocycles. The van der Waals surface area contributed by atoms with E-state index in [2.05, 4.69) is 20.9 Å². The van der Waals surface area contributed by atoms with Gasteiger partial charge in [-0.05, 0) is 24.1 Å². The number of nitrogen functional groups attached to an aromatic ring is 1. The van der Waals surface area contributed by atoms with Gasteiger partial charge in [-0.25, -0.2) is 9.97 Å². The van der Waals surface area contributed by atoms with Gasteiger partial charge in [0.05, 0.1) is 17.3 Å². The molecule has 0 saturated heterocycles. The third-order valence-corrected chi connectivity index (χ3v) is 3.58. The molecule has 5 nitrogen and oxygen atoms in total. The topological polar surface area (TPSA) is 78.8 Å². The summed E-state index contributed by atoms with van der Waals surface area (Å²) in [5, 5.41) is 8.93. The molecule has 0 radical (unpaired) electrons. The standard InChI is InChI=1S/C15H15N5/c16-7-11-2-1-3-12(6-11)8-20-5-4-13-14(9-20)18-10-19-15(13)17/h1-3,6,10H,4-5,8-9H2,(H2,17,18,19). The zero-order valence-electron chi connectivity index (χ0n) is 11.1. The van der Waals surface area contributed by atoms with E-state index >= 15 is 0 Å². The summed E-state index contributed by atoms with van der Waals surface area (Å²) in [7, 11) is 0. The van der Waals surface area contributed by atoms with Crippen molar-refractivity contribution in [2.45, 2.75) is 19.5 Å². The number of nitrogens with two attached hydrogens (primary N) is 1. The molecule has 0 saturated carbocycles. The highest BCUT2D eigenvalue weighted by Crippen LogP contribution is 2.21. The van der Waals surface area contributed by atoms with Crippen LogP contribution in [0.15, 0.2) is 30.6 Å². The van der Waals surface area contributed by atoms with Crippen molar-refractivity contribution in [2.75, 3.05) is 12.3 Å². The van der Waals surface area contributed by atoms with Crippen molar-refractivity contribution in [3.63, 3.8) is 0 Å². The first-order chi connectivity index (χ1) is 9.76. The van der Waals surface area contributed by atoms with Crippen LogP contribution in [-0.2, 0) is 19.5 Å². The summed E-state index contributed by atoms with van der Waals surface area (Å²) >= 11 is 0. The number of fused-ring (bicyclic) bond motifs is 1. The summed E-state index contributed by atoms with van der Waals surface area (Å²) in [6.07, 6.45) is 2.40. The minimum Gasteiger partial charge on any atom is -0.383 e. The molecular formula is C15H15N5. The van der Waals surface area contributed by atoms with Gasteiger partial charge in [0.2, 0.25) is 0 Å². The average molecular weight is 265 g/mol. The van der Waals surface area contributed by atoms with E-state index in [0.29, 0.717) is 11.4 Å². The molecule has 0 unspecified atom stereocenters. The number of aromatic nitrogens is 2. The van der Waals surface area contributed by atoms with E-state index in [4.69, 9.17) is 11.0 Å². The van der Waals surface area contributed by atoms with Crippen molar-refractivity contribution in [3.05, 3.63) is 53.0 Å². The Labute approximate surface area is 117 Å². The first kappa shape index (κ1) is 12.6. The molecule has 2 heterocycles. The molecule has 0 spiro atoms. The van der Waals surface area contributed by atoms with Crippen LogP contribution in [0, 0.1) is 11.3 Å². The van der Waals surface area contributed by atoms with E-state index in [9.17, 15) is 0 Å². The number of nitriles is 1. The molecule has 5 heteroatoms. The fraction of sp³-hybridized carbons (Fsp3) is 0.267. The molecule has 0 amide bonds. The molecule has 0 atom stereocenters. The Morgan fingerprint density at radius 1 is 1.35 bits per heavy atom. The van der Waals surface area contributed by atoms with Crippen LogP contribution in [0.1, 0.15) is 22.4 Å². The quantitative estimate of drug-likeness (QED) is 0.890. The Morgan fingerprint density at radius 3 is 3.10 bits per heavy atom. The van der Waals surface area contributed by atoms with Crippen molar-refractivity contribution in [1.29, 1.82) is 5.26 Å². The van der Waals surface area contributed by atoms with E-state index in [1.54, 1.807) is 0 Å². The average Bonchev–Trinajstić information content (AvgIpc) is 2.47. The number of rotatable bonds is 2. The lowest BCUT2D eigenvalue weighted by molar-refractivity contribution is 0.241. The van der Waals surface area contributed by atoms with Crippen molar-refractivity contribution < 1.29 is 0 Å². The third kappa shape index (κ3) is 2.46. The second kappa shape index (κ2) is 5.27. The van der Waals surface area contributed by atoms with Crippen LogP contribution in [0.4, 0.5) is 5.82 Å². The summed E-state index contributed by atoms with van der Waals surface area (Å²) in [6, 6.07) is 9.90. The lowest BCUT2D eigenvalue weighted by Gasteiger charge is -2.28. The van der Waals surface area contributed by atoms with Crippen LogP contribution >= 0.6 is 0 Å². The summed E-state index contributed by atoms with van der Waals surface area (Å²) in [5.74, 6) is 0.598. The minimum absolute atomic E-state index is 0.598. The third-order valence-electron chi connectivity index (χ3n) is 3.58. The van der Waals surface area contributed by atoms with Crippen molar-refractivity contribution in [3.8, 4) is 6.07 Å². The number of benzene rings is 1. The number of nitrogens with zero attached hydrogens (tertiary/aromatic N) is 4. The second-order valence-corrected chi connectivity index (χ2v) is 4.96. The molecule has 1 aromatic carbocycles. The van der Waals surface area contributed by atoms with Gasteiger partial charge in [0.15, 0.2) is 0 Å². The van der Waals surface area contributed by atoms with Gasteiger partial charge in [0.1, 0.15) is 12.1 Å². The maximum Gasteiger partial charge on any atom is 0.130 e. The largest absolute Gasteiger partial charge is 0.383 e. The fourth-order valence-corrected chi connectivity index (χ4v) is 2.57. The van der Waals surface area contributed by atoms with Gasteiger partial charge in [0.25, 0.3) is 0 Å². The first-order valence-corrected chi connectivity index (χ1v) is 6.56. The van der Waals surface area contributed by atoms with E-state index in [-0.39, 0.29) is 0 Å². The molecule has 100 valence electrons. The predicted molar refractivity (Wildman–Crippen MR) is 75.4 cm³/mol. The molecule has 1 aliphatic heterocycles. The van der Waals surface area contributed by atoms with Gasteiger partial charge < -0.3 is 5.73 Å². The SMILES string of the molecule is N#Cc1cccc(CN2CCc3c(N)ncnc3C2)c1. The van der Waals surface area contributed by atoms with Gasteiger partial charge in [-0.3, -0.25) is 4.90 Å². The van der Waals surface area contributed by atoms with Gasteiger partial charge in [-0.1, -0.05) is 12.1 Å². The van der Waals surface area contributed by atoms with Crippen molar-refractivity contribution in [1.82, 2.24) is 14.9 Å². The van der Waals surface area contributed by atoms with Gasteiger partial charge >= 0.3 is 0 Å². The van der Waals surface area contributed by atoms with E-state index in [0.717, 1.165) is 42.9 Å². The van der Waals surface area contributed by atoms with Crippen LogP contribution < -0.4 is 5.73 Å². The van der Waals surface area contributed by atoms with Crippen LogP contribution in [0.2, 0.25) is 0 Å². The number of hydrogen-bond donors (Lipinski definition) is 1. The molecule has 0 fully saturated rings. The highest BCUT2D eigenvalue weighted by Gasteiger charge is 2.19. The zero-order valence-corrected chi connectivity index (χ0v) is 11.1. The Balaban J connectivity index is 1.76. The zero-order chi connectivity index (χ0) is 13.9. The summed E-state index contributed by atoms with van der Waals surface area (Å²) in [6.45, 7) is 2.53. The number of hydrogen-bond acceptors (Lipinski definition) is 5. The molecule has 0 bridgehead atoms. The fourth-order valence-electron chi connectivity index (χ4n) is 2.57. The van der Waals surface area contributed by atoms with Gasteiger partial charge in [-0.15, -0.1) is 0 Å². The first-order valence-electron chi connectivity index (χ1n) is 6.56. The smallest absolute Gasteiger partial charge is 0.130 e. The predicted octanol–water partition coefficient (Wildman–Crippen LogP) is 1.49. The molecule has 20 heavy (non-hydrogen) atoms. The van der Waals surface area contributed by atoms with E-state index < -0.39 is 0 Å². The summed E-state index contributed by atoms with van der Waals surface area (Å²) < 4.78 is 0. The summed E-state index contributed by atoms with van der Waals surface area (Å²) in [4.78, 5) is 10.7. The molecule has 1 aliphatic rings. The van der Waals surface area contributed by atoms with Gasteiger partial charge in [-0.2, -0.15) is 5.26 Å². The van der Waals surface area contributed by atoms with Crippen molar-refractivity contribution in [2.24, 2.45) is 0 Å². The Bertz CT molecular complexity index is 674. The minimum atomic E-state index is 0.598. The molecule has 2 aromatic rings. The lowest BCUT2D eigenvalue weighted by Crippen LogP contribution is -2.31. The monoisotopic (exact) mass is 265 g/mol. The number of anilines is 1. The molecule has 3 rings (SSSR count). The Morgan fingerprint density at radius 2 is 2.25 bits per heavy atom. The van der Waals surface area contributed by atoms with E-state index in [1.807, 2.05) is 24.3 Å². The molecule has 1 aromatic heterocycles. The normalized spacial score (nSPS) is 14.6. The molecular weight excluding hydrogens is 250 g/mol. The summed E-state index contributed by atoms with van der Waals surface area (Å²) in [5.41, 5.74) is 9.81. The van der Waals surface area contributed by atoms with Crippen LogP contribution in [0.25, 0.3) is 0 Å². The van der Waals surface area contributed by atoms with Crippen molar-refractivity contribution >= 4 is 5.82 Å². The highest BCUT2D eigenvalue weighted by molar-refractivity contribution is 5.42. The maximum absolute atomic E-state index is 8.93. The second-order valence-electron chi connectivity index (χ2n) is 4.96.